The molecule has 3 saturated heterocycles. The number of fused-ring (bicyclic) bond motifs is 4. The number of para-hydroxylation sites is 2. The number of benzene rings is 2. The Labute approximate surface area is 506 Å². The van der Waals surface area contributed by atoms with Gasteiger partial charge in [0.1, 0.15) is 66.5 Å². The van der Waals surface area contributed by atoms with Gasteiger partial charge >= 0.3 is 11.9 Å². The Morgan fingerprint density at radius 3 is 1.98 bits per heavy atom. The molecule has 0 spiro atoms. The minimum absolute atomic E-state index is 0.0165. The lowest BCUT2D eigenvalue weighted by Crippen LogP contribution is -2.63. The van der Waals surface area contributed by atoms with Crippen molar-refractivity contribution in [2.75, 3.05) is 26.2 Å². The third-order valence-electron chi connectivity index (χ3n) is 16.1. The number of carbonyl (C=O) groups is 12. The molecular weight excluding hydrogens is 1150 g/mol. The number of carboxylic acid groups (broad SMARTS) is 1. The number of aromatic amines is 2. The van der Waals surface area contributed by atoms with Crippen LogP contribution in [0.4, 0.5) is 0 Å². The molecular formula is C59H79N13O16. The number of aromatic nitrogens is 2. The number of rotatable bonds is 14. The SMILES string of the molecule is CC(C)CC1NC(=O)C(C(C)c2c[nH]c3ccccc23)NC(=O)C(Cc2c[nH]c3ccccc23)NC(=O)C2CCCN2C(=O)CNC(=O)C(C)NC(=O)C(C(C)O)NC(=O)C(NC(=O)C(CO)NC(=O)CC(N)C(=O)O)C(C)OC(=O)C2CCCN2C1=O. The van der Waals surface area contributed by atoms with Crippen molar-refractivity contribution in [3.05, 3.63) is 72.1 Å². The molecule has 29 heteroatoms. The topological polar surface area (TPSA) is 435 Å². The molecule has 88 heavy (non-hydrogen) atoms. The van der Waals surface area contributed by atoms with Crippen LogP contribution in [0.1, 0.15) is 97.1 Å². The minimum atomic E-state index is -2.03. The number of nitrogens with zero attached hydrogens (tertiary/aromatic N) is 2. The minimum Gasteiger partial charge on any atom is -0.480 e. The van der Waals surface area contributed by atoms with Gasteiger partial charge in [0.15, 0.2) is 0 Å². The molecule has 13 unspecified atom stereocenters. The van der Waals surface area contributed by atoms with Gasteiger partial charge in [-0.2, -0.15) is 0 Å². The fraction of sp³-hybridized carbons (Fsp3) is 0.525. The van der Waals surface area contributed by atoms with Crippen LogP contribution >= 0.6 is 0 Å². The van der Waals surface area contributed by atoms with Crippen LogP contribution in [-0.2, 0) is 68.7 Å². The number of ether oxygens (including phenoxy) is 1. The van der Waals surface area contributed by atoms with Crippen LogP contribution < -0.4 is 48.3 Å². The molecule has 10 amide bonds. The van der Waals surface area contributed by atoms with Gasteiger partial charge in [-0.25, -0.2) is 4.79 Å². The van der Waals surface area contributed by atoms with Gasteiger partial charge in [-0.3, -0.25) is 52.7 Å². The predicted octanol–water partition coefficient (Wildman–Crippen LogP) is -2.33. The molecule has 476 valence electrons. The van der Waals surface area contributed by atoms with Crippen LogP contribution in [0.3, 0.4) is 0 Å². The number of hydrogen-bond donors (Lipinski definition) is 14. The number of aliphatic carboxylic acids is 1. The summed E-state index contributed by atoms with van der Waals surface area (Å²) in [7, 11) is 0. The normalized spacial score (nSPS) is 25.8. The molecule has 15 N–H and O–H groups in total. The Balaban J connectivity index is 1.26. The van der Waals surface area contributed by atoms with Gasteiger partial charge < -0.3 is 88.1 Å². The summed E-state index contributed by atoms with van der Waals surface area (Å²) in [6.07, 6.45) is -0.161. The molecule has 3 aliphatic heterocycles. The first-order valence-corrected chi connectivity index (χ1v) is 29.4. The number of H-pyrrole nitrogens is 2. The van der Waals surface area contributed by atoms with Crippen molar-refractivity contribution in [1.29, 1.82) is 0 Å². The highest BCUT2D eigenvalue weighted by atomic mass is 16.5. The first kappa shape index (κ1) is 66.6. The second-order valence-electron chi connectivity index (χ2n) is 23.1. The maximum atomic E-state index is 15.3. The highest BCUT2D eigenvalue weighted by molar-refractivity contribution is 6.00. The van der Waals surface area contributed by atoms with Crippen molar-refractivity contribution in [1.82, 2.24) is 62.3 Å². The smallest absolute Gasteiger partial charge is 0.329 e. The van der Waals surface area contributed by atoms with Crippen molar-refractivity contribution in [2.45, 2.75) is 165 Å². The average molecular weight is 1230 g/mol. The Bertz CT molecular complexity index is 3270. The van der Waals surface area contributed by atoms with Crippen LogP contribution in [0.5, 0.6) is 0 Å². The summed E-state index contributed by atoms with van der Waals surface area (Å²) < 4.78 is 5.83. The van der Waals surface area contributed by atoms with Crippen molar-refractivity contribution in [3.63, 3.8) is 0 Å². The molecule has 13 atom stereocenters. The number of nitrogens with one attached hydrogen (secondary N) is 10. The van der Waals surface area contributed by atoms with Crippen LogP contribution in [-0.4, -0.2) is 205 Å². The number of aliphatic hydroxyl groups is 2. The summed E-state index contributed by atoms with van der Waals surface area (Å²) in [5.74, 6) is -13.2. The van der Waals surface area contributed by atoms with Gasteiger partial charge in [0.25, 0.3) is 0 Å². The molecule has 4 aromatic rings. The quantitative estimate of drug-likeness (QED) is 0.0589. The zero-order chi connectivity index (χ0) is 64.3. The van der Waals surface area contributed by atoms with E-state index in [1.54, 1.807) is 33.2 Å². The standard InChI is InChI=1S/C59H79N13O16/c1-28(2)21-41-57(84)72-20-12-18-44(72)59(87)88-32(6)49(70-52(79)42(27-73)65-45(75)23-37(60)58(85)86)56(83)69-48(31(5)74)55(82)64-30(4)50(77)63-26-46(76)71-19-11-17-43(71)53(80)66-40(22-33-24-61-38-15-9-7-13-34(33)38)51(78)68-47(54(81)67-41)29(3)36-25-62-39-16-10-8-14-35(36)39/h7-10,13-16,24-25,28-32,37,40-44,47-49,61-62,73-74H,11-12,17-23,26-27,60H2,1-6H3,(H,63,77)(H,64,82)(H,65,75)(H,66,80)(H,67,81)(H,68,78)(H,69,83)(H,70,79)(H,85,86). The van der Waals surface area contributed by atoms with Gasteiger partial charge in [0.2, 0.25) is 59.1 Å². The molecule has 3 aliphatic rings. The lowest BCUT2D eigenvalue weighted by molar-refractivity contribution is -0.161. The van der Waals surface area contributed by atoms with E-state index in [-0.39, 0.29) is 51.1 Å². The van der Waals surface area contributed by atoms with Gasteiger partial charge in [0, 0.05) is 59.6 Å². The number of cyclic esters (lactones) is 1. The summed E-state index contributed by atoms with van der Waals surface area (Å²) in [6, 6.07) is -1.01. The molecule has 2 aromatic heterocycles. The van der Waals surface area contributed by atoms with Crippen molar-refractivity contribution < 1.29 is 77.6 Å². The van der Waals surface area contributed by atoms with Crippen LogP contribution in [0.15, 0.2) is 60.9 Å². The molecule has 29 nitrogen and oxygen atoms in total. The van der Waals surface area contributed by atoms with Gasteiger partial charge in [-0.15, -0.1) is 0 Å². The van der Waals surface area contributed by atoms with Crippen molar-refractivity contribution >= 4 is 92.8 Å². The summed E-state index contributed by atoms with van der Waals surface area (Å²) in [4.78, 5) is 177. The van der Waals surface area contributed by atoms with E-state index in [4.69, 9.17) is 10.5 Å². The molecule has 0 saturated carbocycles. The lowest BCUT2D eigenvalue weighted by Gasteiger charge is -2.33. The number of amides is 10. The summed E-state index contributed by atoms with van der Waals surface area (Å²) in [5.41, 5.74) is 8.20. The largest absolute Gasteiger partial charge is 0.480 e. The van der Waals surface area contributed by atoms with Crippen molar-refractivity contribution in [2.24, 2.45) is 11.7 Å². The molecule has 3 fully saturated rings. The summed E-state index contributed by atoms with van der Waals surface area (Å²) in [6.45, 7) is 7.12. The Morgan fingerprint density at radius 2 is 1.32 bits per heavy atom. The Morgan fingerprint density at radius 1 is 0.716 bits per heavy atom. The second kappa shape index (κ2) is 29.6. The lowest BCUT2D eigenvalue weighted by atomic mass is 9.91. The molecule has 0 bridgehead atoms. The second-order valence-corrected chi connectivity index (χ2v) is 23.1. The van der Waals surface area contributed by atoms with E-state index in [2.05, 4.69) is 52.5 Å². The van der Waals surface area contributed by atoms with Crippen LogP contribution in [0, 0.1) is 5.92 Å². The van der Waals surface area contributed by atoms with Crippen LogP contribution in [0.2, 0.25) is 0 Å². The zero-order valence-electron chi connectivity index (χ0n) is 49.8. The number of hydrogen-bond acceptors (Lipinski definition) is 16. The van der Waals surface area contributed by atoms with E-state index >= 15 is 14.4 Å². The van der Waals surface area contributed by atoms with Crippen LogP contribution in [0.25, 0.3) is 21.8 Å². The number of aliphatic hydroxyl groups excluding tert-OH is 2. The van der Waals surface area contributed by atoms with E-state index in [1.807, 2.05) is 48.5 Å². The Hall–Kier alpha value is -8.96. The predicted molar refractivity (Wildman–Crippen MR) is 314 cm³/mol. The third-order valence-corrected chi connectivity index (χ3v) is 16.1. The van der Waals surface area contributed by atoms with E-state index in [0.717, 1.165) is 35.7 Å². The molecule has 0 radical (unpaired) electrons. The van der Waals surface area contributed by atoms with Gasteiger partial charge in [-0.05, 0) is 82.1 Å². The monoisotopic (exact) mass is 1230 g/mol. The van der Waals surface area contributed by atoms with Gasteiger partial charge in [0.05, 0.1) is 25.7 Å². The average Bonchev–Trinajstić information content (AvgIpc) is 2.55. The van der Waals surface area contributed by atoms with E-state index in [0.29, 0.717) is 17.5 Å². The summed E-state index contributed by atoms with van der Waals surface area (Å²) in [5, 5.41) is 51.9. The number of carboxylic acids is 1. The maximum absolute atomic E-state index is 15.3. The Kier molecular flexibility index (Phi) is 22.4. The molecule has 5 heterocycles. The number of nitrogens with two attached hydrogens (primary N) is 1. The fourth-order valence-corrected chi connectivity index (χ4v) is 11.2. The van der Waals surface area contributed by atoms with E-state index in [9.17, 15) is 58.5 Å². The molecule has 2 aromatic carbocycles. The fourth-order valence-electron chi connectivity index (χ4n) is 11.2. The maximum Gasteiger partial charge on any atom is 0.329 e. The number of carbonyl (C=O) groups excluding carboxylic acids is 11. The van der Waals surface area contributed by atoms with E-state index in [1.165, 1.54) is 16.7 Å². The highest BCUT2D eigenvalue weighted by Gasteiger charge is 2.44. The van der Waals surface area contributed by atoms with Gasteiger partial charge in [-0.1, -0.05) is 57.2 Å². The zero-order valence-corrected chi connectivity index (χ0v) is 49.8. The third kappa shape index (κ3) is 16.2. The molecule has 0 aliphatic carbocycles. The highest BCUT2D eigenvalue weighted by Crippen LogP contribution is 2.30. The number of esters is 1. The summed E-state index contributed by atoms with van der Waals surface area (Å²) >= 11 is 0. The van der Waals surface area contributed by atoms with E-state index < -0.39 is 169 Å². The molecule has 7 rings (SSSR count). The van der Waals surface area contributed by atoms with Crippen molar-refractivity contribution in [3.8, 4) is 0 Å². The first-order valence-electron chi connectivity index (χ1n) is 29.4. The first-order chi connectivity index (χ1) is 41.8.